The lowest BCUT2D eigenvalue weighted by Crippen LogP contribution is -2.46. The number of benzene rings is 1. The molecule has 1 aliphatic carbocycles. The van der Waals surface area contributed by atoms with E-state index in [0.717, 1.165) is 16.9 Å². The number of hydrogen-bond donors (Lipinski definition) is 2. The number of alkyl halides is 2. The molecule has 0 radical (unpaired) electrons. The first-order chi connectivity index (χ1) is 16.5. The Morgan fingerprint density at radius 2 is 1.97 bits per heavy atom. The van der Waals surface area contributed by atoms with Crippen molar-refractivity contribution in [2.24, 2.45) is 7.05 Å². The molecule has 0 atom stereocenters. The van der Waals surface area contributed by atoms with Gasteiger partial charge < -0.3 is 5.32 Å². The van der Waals surface area contributed by atoms with Crippen LogP contribution in [0.5, 0.6) is 0 Å². The summed E-state index contributed by atoms with van der Waals surface area (Å²) in [5, 5.41) is 24.2. The van der Waals surface area contributed by atoms with E-state index in [2.05, 4.69) is 25.7 Å². The molecule has 1 aromatic carbocycles. The molecule has 14 heteroatoms. The van der Waals surface area contributed by atoms with Gasteiger partial charge in [0.2, 0.25) is 11.7 Å². The number of urea groups is 1. The van der Waals surface area contributed by atoms with Crippen LogP contribution in [-0.4, -0.2) is 53.5 Å². The molecule has 0 bridgehead atoms. The highest BCUT2D eigenvalue weighted by Gasteiger charge is 2.38. The van der Waals surface area contributed by atoms with Crippen LogP contribution in [0.2, 0.25) is 5.02 Å². The molecule has 0 unspecified atom stereocenters. The highest BCUT2D eigenvalue weighted by atomic mass is 35.5. The number of amides is 2. The maximum Gasteiger partial charge on any atom is 0.341 e. The summed E-state index contributed by atoms with van der Waals surface area (Å²) in [6.07, 6.45) is 0.274. The molecule has 2 amide bonds. The summed E-state index contributed by atoms with van der Waals surface area (Å²) in [4.78, 5) is 17.3. The summed E-state index contributed by atoms with van der Waals surface area (Å²) >= 11 is 6.00. The Labute approximate surface area is 201 Å². The van der Waals surface area contributed by atoms with Gasteiger partial charge in [0.25, 0.3) is 0 Å². The van der Waals surface area contributed by atoms with Crippen LogP contribution in [0.1, 0.15) is 31.4 Å². The van der Waals surface area contributed by atoms with Crippen molar-refractivity contribution in [1.29, 1.82) is 0 Å². The van der Waals surface area contributed by atoms with E-state index in [4.69, 9.17) is 11.6 Å². The topological polar surface area (TPSA) is 109 Å². The fraction of sp³-hybridized carbons (Fsp3) is 0.381. The second-order valence-electron chi connectivity index (χ2n) is 8.16. The van der Waals surface area contributed by atoms with Crippen molar-refractivity contribution in [2.45, 2.75) is 44.2 Å². The number of hydroxylamine groups is 2. The number of rotatable bonds is 5. The van der Waals surface area contributed by atoms with Crippen molar-refractivity contribution < 1.29 is 27.6 Å². The maximum atomic E-state index is 14.8. The number of aryl methyl sites for hydroxylation is 1. The second-order valence-corrected chi connectivity index (χ2v) is 8.59. The molecule has 9 nitrogen and oxygen atoms in total. The number of nitrogens with zero attached hydrogens (tertiary/aromatic N) is 6. The van der Waals surface area contributed by atoms with Crippen LogP contribution in [0, 0.1) is 11.6 Å². The summed E-state index contributed by atoms with van der Waals surface area (Å²) in [6.45, 7) is -0.382. The number of carbonyl (C=O) groups is 1. The summed E-state index contributed by atoms with van der Waals surface area (Å²) in [6, 6.07) is 1.84. The first-order valence-electron chi connectivity index (χ1n) is 10.6. The van der Waals surface area contributed by atoms with Crippen molar-refractivity contribution in [1.82, 2.24) is 35.6 Å². The smallest absolute Gasteiger partial charge is 0.330 e. The Hall–Kier alpha value is -3.32. The standard InChI is InChI=1S/C21H20ClF4N7O2/c1-32-30-19(29-31-32)18-14(7-12(22)8-16(18)24)11-6-15(23)17(27-9-11)10-28-20(34)33(35)13-2-4-21(25,26)5-3-13/h6-9,13,35H,2-5,10H2,1H3,(H,28,34). The Morgan fingerprint density at radius 1 is 1.26 bits per heavy atom. The normalized spacial score (nSPS) is 15.7. The molecule has 0 spiro atoms. The Balaban J connectivity index is 1.50. The zero-order chi connectivity index (χ0) is 25.3. The third-order valence-corrected chi connectivity index (χ3v) is 5.88. The number of hydrogen-bond acceptors (Lipinski definition) is 6. The van der Waals surface area contributed by atoms with Crippen LogP contribution in [0.25, 0.3) is 22.5 Å². The molecular weight excluding hydrogens is 494 g/mol. The molecule has 1 saturated carbocycles. The van der Waals surface area contributed by atoms with Crippen LogP contribution in [0.15, 0.2) is 24.4 Å². The van der Waals surface area contributed by atoms with Crippen molar-refractivity contribution in [3.63, 3.8) is 0 Å². The Bertz CT molecular complexity index is 1250. The molecule has 35 heavy (non-hydrogen) atoms. The fourth-order valence-corrected chi connectivity index (χ4v) is 4.04. The first kappa shape index (κ1) is 24.8. The van der Waals surface area contributed by atoms with Gasteiger partial charge in [0.1, 0.15) is 11.6 Å². The van der Waals surface area contributed by atoms with E-state index in [1.807, 2.05) is 0 Å². The van der Waals surface area contributed by atoms with Crippen LogP contribution in [0.3, 0.4) is 0 Å². The third-order valence-electron chi connectivity index (χ3n) is 5.66. The summed E-state index contributed by atoms with van der Waals surface area (Å²) in [5.41, 5.74) is 0.153. The van der Waals surface area contributed by atoms with Gasteiger partial charge in [-0.15, -0.1) is 10.2 Å². The molecule has 0 saturated heterocycles. The lowest BCUT2D eigenvalue weighted by atomic mass is 9.92. The monoisotopic (exact) mass is 513 g/mol. The Morgan fingerprint density at radius 3 is 2.60 bits per heavy atom. The van der Waals surface area contributed by atoms with Gasteiger partial charge in [-0.3, -0.25) is 10.2 Å². The molecule has 1 fully saturated rings. The Kier molecular flexibility index (Phi) is 6.90. The van der Waals surface area contributed by atoms with Crippen LogP contribution in [-0.2, 0) is 13.6 Å². The molecular formula is C21H20ClF4N7O2. The number of carbonyl (C=O) groups excluding carboxylic acids is 1. The highest BCUT2D eigenvalue weighted by Crippen LogP contribution is 2.36. The average molecular weight is 514 g/mol. The lowest BCUT2D eigenvalue weighted by Gasteiger charge is -2.32. The zero-order valence-corrected chi connectivity index (χ0v) is 19.1. The van der Waals surface area contributed by atoms with Gasteiger partial charge >= 0.3 is 6.03 Å². The minimum Gasteiger partial charge on any atom is -0.330 e. The fourth-order valence-electron chi connectivity index (χ4n) is 3.83. The largest absolute Gasteiger partial charge is 0.341 e. The van der Waals surface area contributed by atoms with Gasteiger partial charge in [-0.2, -0.15) is 4.80 Å². The van der Waals surface area contributed by atoms with Gasteiger partial charge in [-0.05, 0) is 41.8 Å². The van der Waals surface area contributed by atoms with E-state index < -0.39 is 42.5 Å². The molecule has 4 rings (SSSR count). The third kappa shape index (κ3) is 5.51. The molecule has 1 aliphatic rings. The summed E-state index contributed by atoms with van der Waals surface area (Å²) < 4.78 is 56.1. The molecule has 186 valence electrons. The van der Waals surface area contributed by atoms with E-state index in [1.54, 1.807) is 0 Å². The molecule has 3 aromatic rings. The molecule has 2 N–H and O–H groups in total. The minimum absolute atomic E-state index is 0.0306. The van der Waals surface area contributed by atoms with Gasteiger partial charge in [0.15, 0.2) is 0 Å². The zero-order valence-electron chi connectivity index (χ0n) is 18.4. The molecule has 0 aliphatic heterocycles. The summed E-state index contributed by atoms with van der Waals surface area (Å²) in [5.74, 6) is -4.39. The first-order valence-corrected chi connectivity index (χ1v) is 10.9. The minimum atomic E-state index is -2.81. The van der Waals surface area contributed by atoms with Crippen LogP contribution < -0.4 is 5.32 Å². The van der Waals surface area contributed by atoms with Crippen molar-refractivity contribution in [3.8, 4) is 22.5 Å². The number of pyridine rings is 1. The quantitative estimate of drug-likeness (QED) is 0.298. The van der Waals surface area contributed by atoms with E-state index in [1.165, 1.54) is 19.3 Å². The second kappa shape index (κ2) is 9.74. The number of nitrogens with one attached hydrogen (secondary N) is 1. The predicted octanol–water partition coefficient (Wildman–Crippen LogP) is 4.35. The number of halogens is 5. The van der Waals surface area contributed by atoms with Crippen molar-refractivity contribution in [3.05, 3.63) is 46.7 Å². The van der Waals surface area contributed by atoms with Gasteiger partial charge in [0, 0.05) is 29.6 Å². The van der Waals surface area contributed by atoms with E-state index in [9.17, 15) is 27.6 Å². The van der Waals surface area contributed by atoms with E-state index in [0.29, 0.717) is 5.06 Å². The SMILES string of the molecule is Cn1nnc(-c2c(F)cc(Cl)cc2-c2cnc(CNC(=O)N(O)C3CCC(F)(F)CC3)c(F)c2)n1. The maximum absolute atomic E-state index is 14.8. The van der Waals surface area contributed by atoms with Gasteiger partial charge in [-0.25, -0.2) is 27.4 Å². The number of tetrazole rings is 1. The molecule has 2 heterocycles. The van der Waals surface area contributed by atoms with Crippen molar-refractivity contribution in [2.75, 3.05) is 0 Å². The van der Waals surface area contributed by atoms with Crippen molar-refractivity contribution >= 4 is 17.6 Å². The average Bonchev–Trinajstić information content (AvgIpc) is 3.22. The predicted molar refractivity (Wildman–Crippen MR) is 115 cm³/mol. The van der Waals surface area contributed by atoms with E-state index >= 15 is 0 Å². The lowest BCUT2D eigenvalue weighted by molar-refractivity contribution is -0.119. The van der Waals surface area contributed by atoms with Gasteiger partial charge in [-0.1, -0.05) is 11.6 Å². The highest BCUT2D eigenvalue weighted by molar-refractivity contribution is 6.31. The number of aromatic nitrogens is 5. The van der Waals surface area contributed by atoms with E-state index in [-0.39, 0.29) is 52.6 Å². The van der Waals surface area contributed by atoms with Crippen LogP contribution in [0.4, 0.5) is 22.4 Å². The molecule has 2 aromatic heterocycles. The van der Waals surface area contributed by atoms with Crippen LogP contribution >= 0.6 is 11.6 Å². The summed E-state index contributed by atoms with van der Waals surface area (Å²) in [7, 11) is 1.51. The van der Waals surface area contributed by atoms with Gasteiger partial charge in [0.05, 0.1) is 30.9 Å².